The van der Waals surface area contributed by atoms with Crippen molar-refractivity contribution in [1.29, 1.82) is 0 Å². The van der Waals surface area contributed by atoms with Crippen molar-refractivity contribution in [3.8, 4) is 0 Å². The van der Waals surface area contributed by atoms with Crippen molar-refractivity contribution in [2.24, 2.45) is 0 Å². The van der Waals surface area contributed by atoms with Gasteiger partial charge in [0.1, 0.15) is 0 Å². The van der Waals surface area contributed by atoms with Crippen LogP contribution in [0.3, 0.4) is 0 Å². The molecular formula is C17H24ClN3O3. The van der Waals surface area contributed by atoms with Crippen LogP contribution >= 0.6 is 11.6 Å². The first-order valence-corrected chi connectivity index (χ1v) is 8.54. The SMILES string of the molecule is CC(=O)N(CCNC(=O)c1ccccc1Cl)CCN1CCOCC1. The smallest absolute Gasteiger partial charge is 0.252 e. The largest absolute Gasteiger partial charge is 0.379 e. The summed E-state index contributed by atoms with van der Waals surface area (Å²) in [5.41, 5.74) is 0.446. The van der Waals surface area contributed by atoms with Crippen LogP contribution in [-0.4, -0.2) is 74.1 Å². The number of hydrogen-bond acceptors (Lipinski definition) is 4. The standard InChI is InChI=1S/C17H24ClN3O3/c1-14(22)21(9-8-20-10-12-24-13-11-20)7-6-19-17(23)15-4-2-3-5-16(15)18/h2-5H,6-13H2,1H3,(H,19,23). The molecule has 1 heterocycles. The number of rotatable bonds is 7. The highest BCUT2D eigenvalue weighted by Gasteiger charge is 2.15. The Kier molecular flexibility index (Phi) is 7.49. The van der Waals surface area contributed by atoms with Crippen LogP contribution in [-0.2, 0) is 9.53 Å². The normalized spacial score (nSPS) is 15.1. The molecule has 6 nitrogen and oxygen atoms in total. The van der Waals surface area contributed by atoms with Gasteiger partial charge < -0.3 is 15.0 Å². The number of ether oxygens (including phenoxy) is 1. The lowest BCUT2D eigenvalue weighted by Crippen LogP contribution is -2.44. The molecule has 132 valence electrons. The summed E-state index contributed by atoms with van der Waals surface area (Å²) in [7, 11) is 0. The molecule has 0 aromatic heterocycles. The molecule has 0 saturated carbocycles. The third kappa shape index (κ3) is 5.78. The fourth-order valence-electron chi connectivity index (χ4n) is 2.56. The Bertz CT molecular complexity index is 562. The fraction of sp³-hybridized carbons (Fsp3) is 0.529. The van der Waals surface area contributed by atoms with E-state index in [-0.39, 0.29) is 11.8 Å². The van der Waals surface area contributed by atoms with E-state index in [4.69, 9.17) is 16.3 Å². The van der Waals surface area contributed by atoms with E-state index in [0.717, 1.165) is 32.8 Å². The lowest BCUT2D eigenvalue weighted by molar-refractivity contribution is -0.129. The van der Waals surface area contributed by atoms with E-state index in [0.29, 0.717) is 30.2 Å². The Morgan fingerprint density at radius 3 is 2.62 bits per heavy atom. The van der Waals surface area contributed by atoms with Gasteiger partial charge in [0.2, 0.25) is 5.91 Å². The first-order valence-electron chi connectivity index (χ1n) is 8.16. The quantitative estimate of drug-likeness (QED) is 0.801. The number of carbonyl (C=O) groups is 2. The van der Waals surface area contributed by atoms with Crippen LogP contribution in [0.5, 0.6) is 0 Å². The number of benzene rings is 1. The molecule has 1 aromatic rings. The highest BCUT2D eigenvalue weighted by molar-refractivity contribution is 6.33. The second-order valence-corrected chi connectivity index (χ2v) is 6.10. The number of amides is 2. The second kappa shape index (κ2) is 9.61. The van der Waals surface area contributed by atoms with E-state index in [1.807, 2.05) is 0 Å². The zero-order valence-electron chi connectivity index (χ0n) is 14.0. The maximum atomic E-state index is 12.1. The van der Waals surface area contributed by atoms with Gasteiger partial charge in [-0.1, -0.05) is 23.7 Å². The molecule has 0 spiro atoms. The lowest BCUT2D eigenvalue weighted by atomic mass is 10.2. The van der Waals surface area contributed by atoms with Gasteiger partial charge in [-0.3, -0.25) is 14.5 Å². The maximum Gasteiger partial charge on any atom is 0.252 e. The van der Waals surface area contributed by atoms with Crippen molar-refractivity contribution in [2.45, 2.75) is 6.92 Å². The van der Waals surface area contributed by atoms with Gasteiger partial charge in [0.15, 0.2) is 0 Å². The highest BCUT2D eigenvalue weighted by Crippen LogP contribution is 2.14. The fourth-order valence-corrected chi connectivity index (χ4v) is 2.78. The van der Waals surface area contributed by atoms with Crippen LogP contribution in [0, 0.1) is 0 Å². The van der Waals surface area contributed by atoms with E-state index >= 15 is 0 Å². The number of halogens is 1. The van der Waals surface area contributed by atoms with Gasteiger partial charge in [0.25, 0.3) is 5.91 Å². The zero-order valence-corrected chi connectivity index (χ0v) is 14.7. The van der Waals surface area contributed by atoms with Gasteiger partial charge in [-0.15, -0.1) is 0 Å². The molecule has 1 fully saturated rings. The van der Waals surface area contributed by atoms with Crippen LogP contribution in [0.4, 0.5) is 0 Å². The Hall–Kier alpha value is -1.63. The predicted molar refractivity (Wildman–Crippen MR) is 93.3 cm³/mol. The van der Waals surface area contributed by atoms with Crippen LogP contribution in [0.1, 0.15) is 17.3 Å². The molecule has 0 atom stereocenters. The van der Waals surface area contributed by atoms with Crippen LogP contribution in [0.2, 0.25) is 5.02 Å². The first-order chi connectivity index (χ1) is 11.6. The molecule has 1 N–H and O–H groups in total. The number of nitrogens with one attached hydrogen (secondary N) is 1. The summed E-state index contributed by atoms with van der Waals surface area (Å²) < 4.78 is 5.32. The molecule has 1 aliphatic heterocycles. The van der Waals surface area contributed by atoms with Crippen molar-refractivity contribution in [2.75, 3.05) is 52.5 Å². The number of nitrogens with zero attached hydrogens (tertiary/aromatic N) is 2. The van der Waals surface area contributed by atoms with E-state index in [9.17, 15) is 9.59 Å². The number of hydrogen-bond donors (Lipinski definition) is 1. The van der Waals surface area contributed by atoms with Gasteiger partial charge in [0.05, 0.1) is 23.8 Å². The van der Waals surface area contributed by atoms with Gasteiger partial charge in [-0.2, -0.15) is 0 Å². The number of carbonyl (C=O) groups excluding carboxylic acids is 2. The minimum absolute atomic E-state index is 0.00949. The molecule has 1 saturated heterocycles. The summed E-state index contributed by atoms with van der Waals surface area (Å²) in [6.07, 6.45) is 0. The lowest BCUT2D eigenvalue weighted by Gasteiger charge is -2.29. The highest BCUT2D eigenvalue weighted by atomic mass is 35.5. The summed E-state index contributed by atoms with van der Waals surface area (Å²) in [5.74, 6) is -0.215. The minimum atomic E-state index is -0.225. The van der Waals surface area contributed by atoms with Crippen molar-refractivity contribution >= 4 is 23.4 Å². The van der Waals surface area contributed by atoms with Crippen molar-refractivity contribution in [3.05, 3.63) is 34.9 Å². The van der Waals surface area contributed by atoms with Gasteiger partial charge >= 0.3 is 0 Å². The molecule has 1 aliphatic rings. The summed E-state index contributed by atoms with van der Waals surface area (Å²) in [4.78, 5) is 27.9. The average molecular weight is 354 g/mol. The topological polar surface area (TPSA) is 61.9 Å². The van der Waals surface area contributed by atoms with E-state index < -0.39 is 0 Å². The molecule has 0 aliphatic carbocycles. The Balaban J connectivity index is 1.75. The zero-order chi connectivity index (χ0) is 17.4. The van der Waals surface area contributed by atoms with Crippen LogP contribution in [0.15, 0.2) is 24.3 Å². The molecule has 0 radical (unpaired) electrons. The van der Waals surface area contributed by atoms with Gasteiger partial charge in [0, 0.05) is 46.2 Å². The predicted octanol–water partition coefficient (Wildman–Crippen LogP) is 1.25. The second-order valence-electron chi connectivity index (χ2n) is 5.70. The van der Waals surface area contributed by atoms with Crippen molar-refractivity contribution in [1.82, 2.24) is 15.1 Å². The van der Waals surface area contributed by atoms with E-state index in [2.05, 4.69) is 10.2 Å². The first kappa shape index (κ1) is 18.7. The maximum absolute atomic E-state index is 12.1. The summed E-state index contributed by atoms with van der Waals surface area (Å²) >= 11 is 6.01. The summed E-state index contributed by atoms with van der Waals surface area (Å²) in [5, 5.41) is 3.23. The minimum Gasteiger partial charge on any atom is -0.379 e. The third-order valence-corrected chi connectivity index (χ3v) is 4.35. The van der Waals surface area contributed by atoms with E-state index in [1.54, 1.807) is 36.1 Å². The molecule has 0 unspecified atom stereocenters. The molecule has 24 heavy (non-hydrogen) atoms. The Morgan fingerprint density at radius 2 is 1.96 bits per heavy atom. The van der Waals surface area contributed by atoms with Crippen molar-refractivity contribution < 1.29 is 14.3 Å². The molecule has 2 amide bonds. The molecular weight excluding hydrogens is 330 g/mol. The van der Waals surface area contributed by atoms with Gasteiger partial charge in [-0.25, -0.2) is 0 Å². The Morgan fingerprint density at radius 1 is 1.25 bits per heavy atom. The van der Waals surface area contributed by atoms with Crippen LogP contribution in [0.25, 0.3) is 0 Å². The third-order valence-electron chi connectivity index (χ3n) is 4.02. The molecule has 0 bridgehead atoms. The monoisotopic (exact) mass is 353 g/mol. The molecule has 7 heteroatoms. The van der Waals surface area contributed by atoms with Gasteiger partial charge in [-0.05, 0) is 12.1 Å². The number of morpholine rings is 1. The summed E-state index contributed by atoms with van der Waals surface area (Å²) in [6, 6.07) is 6.91. The average Bonchev–Trinajstić information content (AvgIpc) is 2.58. The van der Waals surface area contributed by atoms with Crippen LogP contribution < -0.4 is 5.32 Å². The summed E-state index contributed by atoms with van der Waals surface area (Å²) in [6.45, 7) is 7.18. The Labute approximate surface area is 147 Å². The molecule has 1 aromatic carbocycles. The molecule has 2 rings (SSSR count). The van der Waals surface area contributed by atoms with E-state index in [1.165, 1.54) is 0 Å². The van der Waals surface area contributed by atoms with Crippen molar-refractivity contribution in [3.63, 3.8) is 0 Å².